The largest absolute Gasteiger partial charge is 0.494 e. The molecule has 0 spiro atoms. The fourth-order valence-electron chi connectivity index (χ4n) is 2.71. The van der Waals surface area contributed by atoms with Crippen molar-refractivity contribution in [2.24, 2.45) is 0 Å². The number of amides is 1. The van der Waals surface area contributed by atoms with E-state index in [4.69, 9.17) is 18.9 Å². The third-order valence-corrected chi connectivity index (χ3v) is 3.91. The van der Waals surface area contributed by atoms with Crippen molar-refractivity contribution < 1.29 is 23.7 Å². The highest BCUT2D eigenvalue weighted by atomic mass is 16.7. The molecule has 0 aliphatic carbocycles. The zero-order chi connectivity index (χ0) is 18.4. The number of fused-ring (bicyclic) bond motifs is 1. The number of ether oxygens (including phenoxy) is 4. The summed E-state index contributed by atoms with van der Waals surface area (Å²) in [5.41, 5.74) is 1.64. The predicted octanol–water partition coefficient (Wildman–Crippen LogP) is 3.78. The number of rotatable bonds is 8. The van der Waals surface area contributed by atoms with Crippen LogP contribution in [0.5, 0.6) is 23.0 Å². The molecule has 2 aromatic carbocycles. The van der Waals surface area contributed by atoms with Crippen molar-refractivity contribution in [2.45, 2.75) is 26.7 Å². The Morgan fingerprint density at radius 2 is 1.85 bits per heavy atom. The first kappa shape index (κ1) is 17.9. The summed E-state index contributed by atoms with van der Waals surface area (Å²) in [5.74, 6) is 2.71. The maximum Gasteiger partial charge on any atom is 0.231 e. The van der Waals surface area contributed by atoms with Gasteiger partial charge in [0.1, 0.15) is 11.5 Å². The summed E-state index contributed by atoms with van der Waals surface area (Å²) in [6.45, 7) is 5.15. The van der Waals surface area contributed by atoms with Gasteiger partial charge in [0.15, 0.2) is 11.5 Å². The molecule has 1 heterocycles. The van der Waals surface area contributed by atoms with E-state index in [1.54, 1.807) is 6.07 Å². The van der Waals surface area contributed by atoms with Crippen LogP contribution in [0, 0.1) is 0 Å². The monoisotopic (exact) mass is 357 g/mol. The van der Waals surface area contributed by atoms with Crippen LogP contribution in [-0.2, 0) is 11.2 Å². The van der Waals surface area contributed by atoms with E-state index in [0.717, 1.165) is 17.1 Å². The van der Waals surface area contributed by atoms with Crippen molar-refractivity contribution in [1.82, 2.24) is 0 Å². The summed E-state index contributed by atoms with van der Waals surface area (Å²) in [5, 5.41) is 2.92. The van der Waals surface area contributed by atoms with E-state index in [-0.39, 0.29) is 12.7 Å². The second-order valence-electron chi connectivity index (χ2n) is 5.76. The van der Waals surface area contributed by atoms with Crippen LogP contribution >= 0.6 is 0 Å². The van der Waals surface area contributed by atoms with Gasteiger partial charge in [0.2, 0.25) is 12.7 Å². The fourth-order valence-corrected chi connectivity index (χ4v) is 2.71. The van der Waals surface area contributed by atoms with Crippen molar-refractivity contribution in [3.05, 3.63) is 42.0 Å². The van der Waals surface area contributed by atoms with Crippen LogP contribution in [-0.4, -0.2) is 25.9 Å². The number of nitrogens with one attached hydrogen (secondary N) is 1. The molecule has 1 N–H and O–H groups in total. The third kappa shape index (κ3) is 4.39. The molecule has 6 nitrogen and oxygen atoms in total. The normalized spacial score (nSPS) is 11.9. The highest BCUT2D eigenvalue weighted by Crippen LogP contribution is 2.33. The third-order valence-electron chi connectivity index (χ3n) is 3.91. The van der Waals surface area contributed by atoms with Crippen molar-refractivity contribution in [2.75, 3.05) is 25.3 Å². The Bertz CT molecular complexity index is 775. The van der Waals surface area contributed by atoms with E-state index in [0.29, 0.717) is 43.2 Å². The van der Waals surface area contributed by atoms with Crippen molar-refractivity contribution in [3.63, 3.8) is 0 Å². The van der Waals surface area contributed by atoms with E-state index >= 15 is 0 Å². The number of anilines is 1. The maximum absolute atomic E-state index is 12.4. The number of carbonyl (C=O) groups excluding carboxylic acids is 1. The lowest BCUT2D eigenvalue weighted by atomic mass is 10.1. The van der Waals surface area contributed by atoms with Crippen LogP contribution in [0.1, 0.15) is 25.8 Å². The van der Waals surface area contributed by atoms with E-state index in [2.05, 4.69) is 5.32 Å². The van der Waals surface area contributed by atoms with Gasteiger partial charge in [-0.2, -0.15) is 0 Å². The van der Waals surface area contributed by atoms with Crippen LogP contribution in [0.2, 0.25) is 0 Å². The molecule has 1 aliphatic heterocycles. The molecule has 0 unspecified atom stereocenters. The van der Waals surface area contributed by atoms with Crippen LogP contribution in [0.15, 0.2) is 36.4 Å². The van der Waals surface area contributed by atoms with E-state index in [9.17, 15) is 4.79 Å². The maximum atomic E-state index is 12.4. The van der Waals surface area contributed by atoms with Gasteiger partial charge in [-0.1, -0.05) is 6.07 Å². The Morgan fingerprint density at radius 1 is 1.04 bits per heavy atom. The number of benzene rings is 2. The average molecular weight is 357 g/mol. The topological polar surface area (TPSA) is 66.0 Å². The van der Waals surface area contributed by atoms with Gasteiger partial charge < -0.3 is 24.3 Å². The van der Waals surface area contributed by atoms with Gasteiger partial charge in [-0.25, -0.2) is 0 Å². The summed E-state index contributed by atoms with van der Waals surface area (Å²) in [4.78, 5) is 12.4. The minimum Gasteiger partial charge on any atom is -0.494 e. The lowest BCUT2D eigenvalue weighted by molar-refractivity contribution is -0.116. The van der Waals surface area contributed by atoms with Gasteiger partial charge in [0.05, 0.1) is 18.9 Å². The Labute approximate surface area is 153 Å². The zero-order valence-corrected chi connectivity index (χ0v) is 15.0. The van der Waals surface area contributed by atoms with Crippen molar-refractivity contribution >= 4 is 11.6 Å². The Morgan fingerprint density at radius 3 is 2.65 bits per heavy atom. The van der Waals surface area contributed by atoms with Crippen LogP contribution in [0.25, 0.3) is 0 Å². The molecule has 3 rings (SSSR count). The fraction of sp³-hybridized carbons (Fsp3) is 0.350. The molecule has 0 atom stereocenters. The lowest BCUT2D eigenvalue weighted by Crippen LogP contribution is -2.13. The van der Waals surface area contributed by atoms with Gasteiger partial charge in [-0.05, 0) is 50.1 Å². The molecular formula is C20H23NO5. The molecule has 26 heavy (non-hydrogen) atoms. The molecule has 1 aliphatic rings. The second kappa shape index (κ2) is 8.47. The van der Waals surface area contributed by atoms with Crippen LogP contribution < -0.4 is 24.3 Å². The number of hydrogen-bond donors (Lipinski definition) is 1. The van der Waals surface area contributed by atoms with Gasteiger partial charge in [-0.15, -0.1) is 0 Å². The van der Waals surface area contributed by atoms with Gasteiger partial charge in [0, 0.05) is 12.5 Å². The summed E-state index contributed by atoms with van der Waals surface area (Å²) >= 11 is 0. The van der Waals surface area contributed by atoms with Crippen LogP contribution in [0.3, 0.4) is 0 Å². The molecule has 0 saturated heterocycles. The lowest BCUT2D eigenvalue weighted by Gasteiger charge is -2.13. The number of carbonyl (C=O) groups is 1. The molecule has 0 bridgehead atoms. The Hall–Kier alpha value is -2.89. The molecule has 6 heteroatoms. The molecule has 0 radical (unpaired) electrons. The first-order valence-corrected chi connectivity index (χ1v) is 8.77. The Kier molecular flexibility index (Phi) is 5.84. The summed E-state index contributed by atoms with van der Waals surface area (Å²) in [6, 6.07) is 11.2. The second-order valence-corrected chi connectivity index (χ2v) is 5.76. The van der Waals surface area contributed by atoms with E-state index in [1.165, 1.54) is 0 Å². The molecular weight excluding hydrogens is 334 g/mol. The molecule has 1 amide bonds. The first-order chi connectivity index (χ1) is 12.7. The highest BCUT2D eigenvalue weighted by Gasteiger charge is 2.14. The molecule has 138 valence electrons. The average Bonchev–Trinajstić information content (AvgIpc) is 3.10. The molecule has 2 aromatic rings. The quantitative estimate of drug-likeness (QED) is 0.779. The number of aryl methyl sites for hydroxylation is 1. The van der Waals surface area contributed by atoms with E-state index < -0.39 is 0 Å². The van der Waals surface area contributed by atoms with Crippen molar-refractivity contribution in [3.8, 4) is 23.0 Å². The van der Waals surface area contributed by atoms with Gasteiger partial charge >= 0.3 is 0 Å². The standard InChI is InChI=1S/C20H23NO5/c1-3-23-15-7-9-17(24-4-2)16(12-15)21-20(22)10-6-14-5-8-18-19(11-14)26-13-25-18/h5,7-9,11-12H,3-4,6,10,13H2,1-2H3,(H,21,22). The highest BCUT2D eigenvalue weighted by molar-refractivity contribution is 5.92. The van der Waals surface area contributed by atoms with Crippen LogP contribution in [0.4, 0.5) is 5.69 Å². The van der Waals surface area contributed by atoms with Gasteiger partial charge in [0.25, 0.3) is 0 Å². The SMILES string of the molecule is CCOc1ccc(OCC)c(NC(=O)CCc2ccc3c(c2)OCO3)c1. The minimum atomic E-state index is -0.0859. The molecule has 0 aromatic heterocycles. The van der Waals surface area contributed by atoms with Gasteiger partial charge in [-0.3, -0.25) is 4.79 Å². The van der Waals surface area contributed by atoms with E-state index in [1.807, 2.05) is 44.2 Å². The molecule has 0 saturated carbocycles. The zero-order valence-electron chi connectivity index (χ0n) is 15.0. The summed E-state index contributed by atoms with van der Waals surface area (Å²) < 4.78 is 21.7. The first-order valence-electron chi connectivity index (χ1n) is 8.77. The Balaban J connectivity index is 1.62. The number of hydrogen-bond acceptors (Lipinski definition) is 5. The van der Waals surface area contributed by atoms with Crippen molar-refractivity contribution in [1.29, 1.82) is 0 Å². The minimum absolute atomic E-state index is 0.0859. The smallest absolute Gasteiger partial charge is 0.231 e. The summed E-state index contributed by atoms with van der Waals surface area (Å²) in [6.07, 6.45) is 0.960. The summed E-state index contributed by atoms with van der Waals surface area (Å²) in [7, 11) is 0. The molecule has 0 fully saturated rings. The predicted molar refractivity (Wildman–Crippen MR) is 98.3 cm³/mol.